The third kappa shape index (κ3) is 8.93. The molecule has 0 aliphatic rings. The van der Waals surface area contributed by atoms with Crippen molar-refractivity contribution in [3.63, 3.8) is 0 Å². The molecule has 0 heterocycles. The van der Waals surface area contributed by atoms with Gasteiger partial charge in [-0.2, -0.15) is 12.6 Å². The Morgan fingerprint density at radius 3 is 1.93 bits per heavy atom. The first-order valence-electron chi connectivity index (χ1n) is 6.34. The Morgan fingerprint density at radius 2 is 1.36 bits per heavy atom. The Labute approximate surface area is 96.3 Å². The molecule has 1 unspecified atom stereocenters. The van der Waals surface area contributed by atoms with Gasteiger partial charge in [0.05, 0.1) is 0 Å². The van der Waals surface area contributed by atoms with Gasteiger partial charge in [0.15, 0.2) is 0 Å². The van der Waals surface area contributed by atoms with Gasteiger partial charge in [0, 0.05) is 4.75 Å². The van der Waals surface area contributed by atoms with E-state index in [-0.39, 0.29) is 0 Å². The smallest absolute Gasteiger partial charge is 0.0101 e. The van der Waals surface area contributed by atoms with Crippen LogP contribution in [0.2, 0.25) is 0 Å². The molecule has 0 aliphatic carbocycles. The number of hydrogen-bond donors (Lipinski definition) is 1. The Balaban J connectivity index is 3.26. The molecular weight excluding hydrogens is 188 g/mol. The first-order chi connectivity index (χ1) is 6.62. The summed E-state index contributed by atoms with van der Waals surface area (Å²) in [6.45, 7) is 6.80. The van der Waals surface area contributed by atoms with Gasteiger partial charge in [-0.1, -0.05) is 65.7 Å². The van der Waals surface area contributed by atoms with Gasteiger partial charge in [-0.15, -0.1) is 0 Å². The van der Waals surface area contributed by atoms with Crippen molar-refractivity contribution in [2.45, 2.75) is 83.3 Å². The second kappa shape index (κ2) is 8.64. The van der Waals surface area contributed by atoms with E-state index in [9.17, 15) is 0 Å². The molecule has 0 bridgehead atoms. The van der Waals surface area contributed by atoms with Gasteiger partial charge in [0.1, 0.15) is 0 Å². The molecule has 0 aliphatic heterocycles. The summed E-state index contributed by atoms with van der Waals surface area (Å²) in [6.07, 6.45) is 12.2. The van der Waals surface area contributed by atoms with E-state index in [1.807, 2.05) is 0 Å². The van der Waals surface area contributed by atoms with Crippen molar-refractivity contribution in [3.05, 3.63) is 0 Å². The lowest BCUT2D eigenvalue weighted by molar-refractivity contribution is 0.493. The maximum Gasteiger partial charge on any atom is 0.0101 e. The SMILES string of the molecule is CCCCCCCCC(C)(S)CCC. The minimum Gasteiger partial charge on any atom is -0.173 e. The van der Waals surface area contributed by atoms with E-state index in [0.29, 0.717) is 4.75 Å². The summed E-state index contributed by atoms with van der Waals surface area (Å²) in [5.74, 6) is 0. The van der Waals surface area contributed by atoms with Crippen LogP contribution in [-0.2, 0) is 0 Å². The number of hydrogen-bond acceptors (Lipinski definition) is 1. The molecule has 0 nitrogen and oxygen atoms in total. The Bertz CT molecular complexity index is 118. The molecule has 0 radical (unpaired) electrons. The minimum atomic E-state index is 0.291. The highest BCUT2D eigenvalue weighted by molar-refractivity contribution is 7.81. The molecule has 0 fully saturated rings. The zero-order valence-corrected chi connectivity index (χ0v) is 11.2. The van der Waals surface area contributed by atoms with Crippen LogP contribution in [0.15, 0.2) is 0 Å². The van der Waals surface area contributed by atoms with Gasteiger partial charge >= 0.3 is 0 Å². The van der Waals surface area contributed by atoms with Crippen LogP contribution >= 0.6 is 12.6 Å². The average molecular weight is 216 g/mol. The minimum absolute atomic E-state index is 0.291. The molecule has 0 spiro atoms. The molecule has 0 amide bonds. The highest BCUT2D eigenvalue weighted by atomic mass is 32.1. The van der Waals surface area contributed by atoms with Crippen molar-refractivity contribution in [3.8, 4) is 0 Å². The molecule has 0 aromatic heterocycles. The first kappa shape index (κ1) is 14.3. The molecule has 14 heavy (non-hydrogen) atoms. The van der Waals surface area contributed by atoms with Crippen LogP contribution in [0.25, 0.3) is 0 Å². The summed E-state index contributed by atoms with van der Waals surface area (Å²) >= 11 is 4.71. The van der Waals surface area contributed by atoms with E-state index >= 15 is 0 Å². The molecule has 0 saturated heterocycles. The maximum absolute atomic E-state index is 4.71. The van der Waals surface area contributed by atoms with Crippen LogP contribution in [0.3, 0.4) is 0 Å². The summed E-state index contributed by atoms with van der Waals surface area (Å²) in [7, 11) is 0. The lowest BCUT2D eigenvalue weighted by atomic mass is 9.97. The monoisotopic (exact) mass is 216 g/mol. The van der Waals surface area contributed by atoms with Crippen LogP contribution in [0, 0.1) is 0 Å². The van der Waals surface area contributed by atoms with Crippen LogP contribution in [-0.4, -0.2) is 4.75 Å². The maximum atomic E-state index is 4.71. The molecule has 0 saturated carbocycles. The Hall–Kier alpha value is 0.350. The predicted molar refractivity (Wildman–Crippen MR) is 70.3 cm³/mol. The largest absolute Gasteiger partial charge is 0.173 e. The summed E-state index contributed by atoms with van der Waals surface area (Å²) in [5, 5.41) is 0. The Kier molecular flexibility index (Phi) is 8.86. The highest BCUT2D eigenvalue weighted by Gasteiger charge is 2.16. The van der Waals surface area contributed by atoms with E-state index in [2.05, 4.69) is 20.8 Å². The molecule has 0 N–H and O–H groups in total. The number of rotatable bonds is 9. The zero-order valence-electron chi connectivity index (χ0n) is 10.3. The molecule has 1 atom stereocenters. The van der Waals surface area contributed by atoms with Gasteiger partial charge in [-0.3, -0.25) is 0 Å². The summed E-state index contributed by atoms with van der Waals surface area (Å²) in [6, 6.07) is 0. The fourth-order valence-corrected chi connectivity index (χ4v) is 2.33. The molecule has 86 valence electrons. The zero-order chi connectivity index (χ0) is 10.9. The highest BCUT2D eigenvalue weighted by Crippen LogP contribution is 2.27. The van der Waals surface area contributed by atoms with E-state index in [1.165, 1.54) is 57.8 Å². The van der Waals surface area contributed by atoms with Crippen LogP contribution in [0.1, 0.15) is 78.6 Å². The van der Waals surface area contributed by atoms with E-state index in [1.54, 1.807) is 0 Å². The number of thiol groups is 1. The van der Waals surface area contributed by atoms with Gasteiger partial charge in [-0.25, -0.2) is 0 Å². The molecule has 0 aromatic rings. The summed E-state index contributed by atoms with van der Waals surface area (Å²) < 4.78 is 0.291. The second-order valence-corrected chi connectivity index (χ2v) is 5.84. The fraction of sp³-hybridized carbons (Fsp3) is 1.00. The molecule has 1 heteroatoms. The average Bonchev–Trinajstić information content (AvgIpc) is 2.11. The van der Waals surface area contributed by atoms with Crippen molar-refractivity contribution in [1.82, 2.24) is 0 Å². The topological polar surface area (TPSA) is 0 Å². The van der Waals surface area contributed by atoms with E-state index < -0.39 is 0 Å². The standard InChI is InChI=1S/C13H28S/c1-4-6-7-8-9-10-12-13(3,14)11-5-2/h14H,4-12H2,1-3H3. The normalized spacial score (nSPS) is 15.4. The van der Waals surface area contributed by atoms with Crippen molar-refractivity contribution in [2.24, 2.45) is 0 Å². The molecular formula is C13H28S. The lowest BCUT2D eigenvalue weighted by Crippen LogP contribution is -2.15. The third-order valence-corrected chi connectivity index (χ3v) is 3.30. The predicted octanol–water partition coefficient (Wildman–Crippen LogP) is 5.23. The number of unbranched alkanes of at least 4 members (excludes halogenated alkanes) is 5. The molecule has 0 rings (SSSR count). The van der Waals surface area contributed by atoms with Crippen molar-refractivity contribution in [2.75, 3.05) is 0 Å². The summed E-state index contributed by atoms with van der Waals surface area (Å²) in [5.41, 5.74) is 0. The summed E-state index contributed by atoms with van der Waals surface area (Å²) in [4.78, 5) is 0. The van der Waals surface area contributed by atoms with Crippen LogP contribution < -0.4 is 0 Å². The Morgan fingerprint density at radius 1 is 0.786 bits per heavy atom. The lowest BCUT2D eigenvalue weighted by Gasteiger charge is -2.22. The molecule has 0 aromatic carbocycles. The van der Waals surface area contributed by atoms with E-state index in [4.69, 9.17) is 12.6 Å². The van der Waals surface area contributed by atoms with Crippen molar-refractivity contribution >= 4 is 12.6 Å². The second-order valence-electron chi connectivity index (χ2n) is 4.76. The van der Waals surface area contributed by atoms with Gasteiger partial charge < -0.3 is 0 Å². The van der Waals surface area contributed by atoms with E-state index in [0.717, 1.165) is 0 Å². The fourth-order valence-electron chi connectivity index (χ4n) is 1.95. The van der Waals surface area contributed by atoms with Crippen molar-refractivity contribution < 1.29 is 0 Å². The van der Waals surface area contributed by atoms with Gasteiger partial charge in [0.2, 0.25) is 0 Å². The van der Waals surface area contributed by atoms with Gasteiger partial charge in [-0.05, 0) is 12.8 Å². The first-order valence-corrected chi connectivity index (χ1v) is 6.79. The quantitative estimate of drug-likeness (QED) is 0.396. The van der Waals surface area contributed by atoms with Gasteiger partial charge in [0.25, 0.3) is 0 Å². The third-order valence-electron chi connectivity index (χ3n) is 2.86. The van der Waals surface area contributed by atoms with Crippen LogP contribution in [0.4, 0.5) is 0 Å². The van der Waals surface area contributed by atoms with Crippen molar-refractivity contribution in [1.29, 1.82) is 0 Å². The van der Waals surface area contributed by atoms with Crippen LogP contribution in [0.5, 0.6) is 0 Å².